The van der Waals surface area contributed by atoms with E-state index >= 15 is 0 Å². The Morgan fingerprint density at radius 3 is 2.71 bits per heavy atom. The van der Waals surface area contributed by atoms with Crippen molar-refractivity contribution in [2.75, 3.05) is 11.5 Å². The number of rotatable bonds is 3. The molecule has 0 unspecified atom stereocenters. The van der Waals surface area contributed by atoms with Crippen LogP contribution in [0.3, 0.4) is 0 Å². The standard InChI is InChI=1S/C14H11BrN2O3Se/c1-2-20-14(19)11(7-16)13-17(12(18)8-21-13)10-5-3-9(15)4-6-10/h3-6H,2,8H2,1H3/b13-11-. The van der Waals surface area contributed by atoms with Crippen molar-refractivity contribution >= 4 is 48.5 Å². The van der Waals surface area contributed by atoms with Gasteiger partial charge in [0.15, 0.2) is 0 Å². The van der Waals surface area contributed by atoms with E-state index in [1.165, 1.54) is 4.90 Å². The molecule has 0 radical (unpaired) electrons. The van der Waals surface area contributed by atoms with Crippen LogP contribution in [-0.4, -0.2) is 33.4 Å². The van der Waals surface area contributed by atoms with E-state index in [9.17, 15) is 14.9 Å². The number of carbonyl (C=O) groups excluding carboxylic acids is 2. The summed E-state index contributed by atoms with van der Waals surface area (Å²) in [7, 11) is 0. The van der Waals surface area contributed by atoms with Crippen molar-refractivity contribution in [1.29, 1.82) is 5.26 Å². The van der Waals surface area contributed by atoms with Gasteiger partial charge in [-0.3, -0.25) is 0 Å². The number of anilines is 1. The maximum atomic E-state index is 12.1. The average Bonchev–Trinajstić information content (AvgIpc) is 2.83. The van der Waals surface area contributed by atoms with Crippen LogP contribution in [0, 0.1) is 11.3 Å². The normalized spacial score (nSPS) is 16.6. The van der Waals surface area contributed by atoms with Gasteiger partial charge < -0.3 is 0 Å². The fourth-order valence-electron chi connectivity index (χ4n) is 1.79. The van der Waals surface area contributed by atoms with E-state index in [1.54, 1.807) is 19.1 Å². The summed E-state index contributed by atoms with van der Waals surface area (Å²) in [4.78, 5) is 25.4. The van der Waals surface area contributed by atoms with Crippen molar-refractivity contribution in [2.24, 2.45) is 0 Å². The minimum absolute atomic E-state index is 0.0781. The number of hydrogen-bond donors (Lipinski definition) is 0. The molecule has 1 amide bonds. The van der Waals surface area contributed by atoms with Crippen LogP contribution in [-0.2, 0) is 14.3 Å². The summed E-state index contributed by atoms with van der Waals surface area (Å²) >= 11 is 3.08. The molecule has 1 saturated heterocycles. The summed E-state index contributed by atoms with van der Waals surface area (Å²) in [6, 6.07) is 9.03. The van der Waals surface area contributed by atoms with Crippen LogP contribution in [0.4, 0.5) is 5.69 Å². The molecular formula is C14H11BrN2O3Se. The van der Waals surface area contributed by atoms with Gasteiger partial charge in [-0.05, 0) is 0 Å². The van der Waals surface area contributed by atoms with Crippen molar-refractivity contribution < 1.29 is 14.3 Å². The second-order valence-corrected chi connectivity index (χ2v) is 6.94. The van der Waals surface area contributed by atoms with E-state index in [0.29, 0.717) is 15.6 Å². The molecule has 7 heteroatoms. The Morgan fingerprint density at radius 2 is 2.14 bits per heavy atom. The van der Waals surface area contributed by atoms with Gasteiger partial charge in [-0.15, -0.1) is 0 Å². The Kier molecular flexibility index (Phi) is 5.18. The molecule has 0 bridgehead atoms. The second-order valence-electron chi connectivity index (χ2n) is 4.01. The molecule has 0 saturated carbocycles. The van der Waals surface area contributed by atoms with Gasteiger partial charge in [-0.2, -0.15) is 0 Å². The molecule has 0 atom stereocenters. The third kappa shape index (κ3) is 3.35. The first-order chi connectivity index (χ1) is 10.1. The van der Waals surface area contributed by atoms with Crippen LogP contribution < -0.4 is 4.90 Å². The molecule has 0 spiro atoms. The molecule has 108 valence electrons. The molecule has 0 aromatic heterocycles. The fourth-order valence-corrected chi connectivity index (χ4v) is 4.15. The van der Waals surface area contributed by atoms with Crippen molar-refractivity contribution in [3.05, 3.63) is 38.9 Å². The number of nitriles is 1. The molecule has 1 aliphatic heterocycles. The van der Waals surface area contributed by atoms with Gasteiger partial charge in [0.1, 0.15) is 0 Å². The third-order valence-electron chi connectivity index (χ3n) is 2.67. The molecule has 0 N–H and O–H groups in total. The fraction of sp³-hybridized carbons (Fsp3) is 0.214. The third-order valence-corrected chi connectivity index (χ3v) is 5.41. The van der Waals surface area contributed by atoms with E-state index in [2.05, 4.69) is 15.9 Å². The van der Waals surface area contributed by atoms with E-state index in [0.717, 1.165) is 4.47 Å². The van der Waals surface area contributed by atoms with Gasteiger partial charge in [-0.1, -0.05) is 0 Å². The Bertz CT molecular complexity index is 649. The minimum atomic E-state index is -0.673. The summed E-state index contributed by atoms with van der Waals surface area (Å²) in [5.41, 5.74) is 0.570. The van der Waals surface area contributed by atoms with Gasteiger partial charge in [0, 0.05) is 0 Å². The first kappa shape index (κ1) is 15.8. The van der Waals surface area contributed by atoms with Crippen LogP contribution in [0.15, 0.2) is 38.9 Å². The van der Waals surface area contributed by atoms with Crippen LogP contribution in [0.2, 0.25) is 5.32 Å². The van der Waals surface area contributed by atoms with Crippen LogP contribution >= 0.6 is 15.9 Å². The zero-order chi connectivity index (χ0) is 15.4. The Balaban J connectivity index is 2.47. The van der Waals surface area contributed by atoms with E-state index in [-0.39, 0.29) is 33.0 Å². The summed E-state index contributed by atoms with van der Waals surface area (Å²) in [6.45, 7) is 1.87. The van der Waals surface area contributed by atoms with Gasteiger partial charge in [0.2, 0.25) is 0 Å². The van der Waals surface area contributed by atoms with Gasteiger partial charge in [-0.25, -0.2) is 0 Å². The van der Waals surface area contributed by atoms with E-state index < -0.39 is 5.97 Å². The molecule has 5 nitrogen and oxygen atoms in total. The van der Waals surface area contributed by atoms with Gasteiger partial charge >= 0.3 is 137 Å². The second kappa shape index (κ2) is 6.90. The Hall–Kier alpha value is -1.61. The Morgan fingerprint density at radius 1 is 1.48 bits per heavy atom. The summed E-state index contributed by atoms with van der Waals surface area (Å²) in [5.74, 6) is -0.780. The topological polar surface area (TPSA) is 70.4 Å². The zero-order valence-corrected chi connectivity index (χ0v) is 14.4. The number of nitrogens with zero attached hydrogens (tertiary/aromatic N) is 2. The quantitative estimate of drug-likeness (QED) is 0.329. The monoisotopic (exact) mass is 414 g/mol. The number of halogens is 1. The van der Waals surface area contributed by atoms with Crippen molar-refractivity contribution in [1.82, 2.24) is 0 Å². The maximum absolute atomic E-state index is 12.1. The van der Waals surface area contributed by atoms with Crippen molar-refractivity contribution in [2.45, 2.75) is 12.2 Å². The predicted molar refractivity (Wildman–Crippen MR) is 81.5 cm³/mol. The average molecular weight is 414 g/mol. The number of carbonyl (C=O) groups is 2. The van der Waals surface area contributed by atoms with Crippen LogP contribution in [0.1, 0.15) is 6.92 Å². The van der Waals surface area contributed by atoms with E-state index in [1.807, 2.05) is 18.2 Å². The molecule has 1 aromatic carbocycles. The van der Waals surface area contributed by atoms with Crippen LogP contribution in [0.25, 0.3) is 0 Å². The van der Waals surface area contributed by atoms with Gasteiger partial charge in [0.25, 0.3) is 0 Å². The molecule has 21 heavy (non-hydrogen) atoms. The van der Waals surface area contributed by atoms with Crippen LogP contribution in [0.5, 0.6) is 0 Å². The first-order valence-electron chi connectivity index (χ1n) is 6.11. The number of ether oxygens (including phenoxy) is 1. The molecule has 1 heterocycles. The number of benzene rings is 1. The molecule has 1 aromatic rings. The predicted octanol–water partition coefficient (Wildman–Crippen LogP) is 2.22. The molecule has 0 aliphatic carbocycles. The molecule has 2 rings (SSSR count). The summed E-state index contributed by atoms with van der Waals surface area (Å²) in [6.07, 6.45) is 0. The molecular weight excluding hydrogens is 403 g/mol. The number of amides is 1. The van der Waals surface area contributed by atoms with Crippen molar-refractivity contribution in [3.63, 3.8) is 0 Å². The molecule has 1 aliphatic rings. The van der Waals surface area contributed by atoms with Crippen molar-refractivity contribution in [3.8, 4) is 6.07 Å². The van der Waals surface area contributed by atoms with E-state index in [4.69, 9.17) is 4.74 Å². The first-order valence-corrected chi connectivity index (χ1v) is 8.97. The summed E-state index contributed by atoms with van der Waals surface area (Å²) < 4.78 is 6.25. The zero-order valence-electron chi connectivity index (χ0n) is 11.1. The molecule has 1 fully saturated rings. The number of hydrogen-bond acceptors (Lipinski definition) is 4. The van der Waals surface area contributed by atoms with Gasteiger partial charge in [0.05, 0.1) is 0 Å². The number of esters is 1. The SMILES string of the molecule is CCOC(=O)/C(C#N)=C1\[Se]CC(=O)N1c1ccc(Br)cc1. The summed E-state index contributed by atoms with van der Waals surface area (Å²) in [5, 5.41) is 9.57. The Labute approximate surface area is 136 Å².